The summed E-state index contributed by atoms with van der Waals surface area (Å²) >= 11 is 0. The van der Waals surface area contributed by atoms with Gasteiger partial charge in [0.1, 0.15) is 22.3 Å². The summed E-state index contributed by atoms with van der Waals surface area (Å²) in [6.45, 7) is 0. The Kier molecular flexibility index (Phi) is 2.67. The van der Waals surface area contributed by atoms with Crippen molar-refractivity contribution in [3.05, 3.63) is 139 Å². The molecule has 0 saturated heterocycles. The molecule has 0 fully saturated rings. The summed E-state index contributed by atoms with van der Waals surface area (Å²) in [5.41, 5.74) is -0.132. The number of anilines is 3. The normalized spacial score (nSPS) is 16.6. The number of hydrogen-bond donors (Lipinski definition) is 0. The molecule has 8 rings (SSSR count). The van der Waals surface area contributed by atoms with E-state index in [1.165, 1.54) is 4.90 Å². The van der Waals surface area contributed by atoms with Gasteiger partial charge < -0.3 is 13.7 Å². The van der Waals surface area contributed by atoms with Crippen LogP contribution in [-0.4, -0.2) is 0 Å². The number of benzene rings is 6. The molecule has 2 aromatic heterocycles. The lowest BCUT2D eigenvalue weighted by Crippen LogP contribution is -2.10. The summed E-state index contributed by atoms with van der Waals surface area (Å²) in [7, 11) is 0. The van der Waals surface area contributed by atoms with E-state index in [1.54, 1.807) is 24.3 Å². The highest BCUT2D eigenvalue weighted by molar-refractivity contribution is 6.17. The number of hydrogen-bond acceptors (Lipinski definition) is 3. The second-order valence-electron chi connectivity index (χ2n) is 8.72. The van der Waals surface area contributed by atoms with Crippen molar-refractivity contribution >= 4 is 60.9 Å². The topological polar surface area (TPSA) is 29.5 Å². The van der Waals surface area contributed by atoms with Crippen LogP contribution in [0.25, 0.3) is 55.0 Å². The zero-order chi connectivity index (χ0) is 37.9. The van der Waals surface area contributed by atoms with E-state index in [0.29, 0.717) is 0 Å². The lowest BCUT2D eigenvalue weighted by molar-refractivity contribution is 0.668. The van der Waals surface area contributed by atoms with Crippen LogP contribution in [-0.2, 0) is 0 Å². The molecule has 6 aromatic carbocycles. The third kappa shape index (κ3) is 3.44. The Hall–Kier alpha value is -5.28. The van der Waals surface area contributed by atoms with Gasteiger partial charge in [0.15, 0.2) is 0 Å². The van der Waals surface area contributed by atoms with Crippen molar-refractivity contribution in [2.24, 2.45) is 0 Å². The predicted octanol–water partition coefficient (Wildman–Crippen LogP) is 10.6. The first-order chi connectivity index (χ1) is 25.2. The average Bonchev–Trinajstić information content (AvgIpc) is 3.76. The Labute approximate surface area is 244 Å². The van der Waals surface area contributed by atoms with Gasteiger partial charge in [-0.2, -0.15) is 0 Å². The number of rotatable bonds is 4. The molecule has 184 valence electrons. The molecule has 0 spiro atoms. The molecule has 8 aromatic rings. The molecule has 0 saturated carbocycles. The second kappa shape index (κ2) is 8.64. The minimum absolute atomic E-state index is 0.172. The van der Waals surface area contributed by atoms with Crippen molar-refractivity contribution in [2.45, 2.75) is 0 Å². The fourth-order valence-electron chi connectivity index (χ4n) is 4.83. The quantitative estimate of drug-likeness (QED) is 0.233. The zero-order valence-electron chi connectivity index (χ0n) is 34.0. The Morgan fingerprint density at radius 1 is 0.462 bits per heavy atom. The van der Waals surface area contributed by atoms with Crippen molar-refractivity contribution < 1.29 is 28.0 Å². The molecule has 3 heteroatoms. The van der Waals surface area contributed by atoms with E-state index in [1.807, 2.05) is 30.3 Å². The Morgan fingerprint density at radius 3 is 1.51 bits per heavy atom. The number of furan rings is 2. The first-order valence-electron chi connectivity index (χ1n) is 19.0. The number of fused-ring (bicyclic) bond motifs is 6. The van der Waals surface area contributed by atoms with Gasteiger partial charge in [-0.1, -0.05) is 90.8 Å². The first-order valence-corrected chi connectivity index (χ1v) is 12.0. The van der Waals surface area contributed by atoms with Crippen molar-refractivity contribution in [1.29, 1.82) is 0 Å². The molecule has 0 N–H and O–H groups in total. The maximum Gasteiger partial charge on any atom is 0.137 e. The van der Waals surface area contributed by atoms with Crippen LogP contribution in [0.1, 0.15) is 19.2 Å². The zero-order valence-corrected chi connectivity index (χ0v) is 20.0. The molecular weight excluding hydrogens is 478 g/mol. The third-order valence-electron chi connectivity index (χ3n) is 6.54. The molecule has 0 aliphatic heterocycles. The highest BCUT2D eigenvalue weighted by Crippen LogP contribution is 2.46. The third-order valence-corrected chi connectivity index (χ3v) is 6.54. The van der Waals surface area contributed by atoms with Gasteiger partial charge in [0, 0.05) is 16.5 Å². The van der Waals surface area contributed by atoms with E-state index >= 15 is 0 Å². The fourth-order valence-corrected chi connectivity index (χ4v) is 4.83. The molecule has 0 bridgehead atoms. The van der Waals surface area contributed by atoms with Crippen LogP contribution in [0.4, 0.5) is 17.1 Å². The minimum Gasteiger partial charge on any atom is -0.456 e. The molecule has 0 unspecified atom stereocenters. The van der Waals surface area contributed by atoms with E-state index in [2.05, 4.69) is 0 Å². The summed E-state index contributed by atoms with van der Waals surface area (Å²) in [6.07, 6.45) is 0. The molecule has 39 heavy (non-hydrogen) atoms. The highest BCUT2D eigenvalue weighted by Gasteiger charge is 2.22. The van der Waals surface area contributed by atoms with E-state index in [9.17, 15) is 2.74 Å². The van der Waals surface area contributed by atoms with Gasteiger partial charge in [-0.3, -0.25) is 0 Å². The SMILES string of the molecule is [2H]c1c([2H])c([2H])c2c(oc3c([2H])c([2H])c([2H])c(N(c4ccc(-c5ccccc5)cc4)c4c([2H])c([2H])c([2H])c5oc6c([2H])c([2H])c([2H])c([2H])c6c45)c32)c1[2H]. The van der Waals surface area contributed by atoms with Crippen molar-refractivity contribution in [1.82, 2.24) is 0 Å². The van der Waals surface area contributed by atoms with Gasteiger partial charge in [-0.25, -0.2) is 0 Å². The van der Waals surface area contributed by atoms with Crippen LogP contribution in [0.15, 0.2) is 148 Å². The Bertz CT molecular complexity index is 2730. The van der Waals surface area contributed by atoms with Crippen LogP contribution in [0.5, 0.6) is 0 Å². The lowest BCUT2D eigenvalue weighted by Gasteiger charge is -2.27. The minimum atomic E-state index is -0.655. The molecule has 2 heterocycles. The van der Waals surface area contributed by atoms with E-state index in [0.717, 1.165) is 11.1 Å². The van der Waals surface area contributed by atoms with E-state index < -0.39 is 84.6 Å². The first kappa shape index (κ1) is 12.1. The molecule has 0 aliphatic carbocycles. The maximum atomic E-state index is 9.32. The van der Waals surface area contributed by atoms with Gasteiger partial charge in [0.05, 0.1) is 41.3 Å². The van der Waals surface area contributed by atoms with Crippen molar-refractivity contribution in [3.63, 3.8) is 0 Å². The van der Waals surface area contributed by atoms with Crippen LogP contribution in [0.3, 0.4) is 0 Å². The van der Waals surface area contributed by atoms with Gasteiger partial charge in [0.25, 0.3) is 0 Å². The summed E-state index contributed by atoms with van der Waals surface area (Å²) in [4.78, 5) is 1.27. The molecular formula is C36H23NO2. The monoisotopic (exact) mass is 515 g/mol. The molecule has 0 radical (unpaired) electrons. The van der Waals surface area contributed by atoms with E-state index in [4.69, 9.17) is 25.3 Å². The van der Waals surface area contributed by atoms with Gasteiger partial charge in [-0.15, -0.1) is 0 Å². The number of para-hydroxylation sites is 2. The summed E-state index contributed by atoms with van der Waals surface area (Å²) in [6, 6.07) is 7.62. The summed E-state index contributed by atoms with van der Waals surface area (Å²) < 4.78 is 134. The van der Waals surface area contributed by atoms with Crippen LogP contribution in [0.2, 0.25) is 0 Å². The lowest BCUT2D eigenvalue weighted by atomic mass is 10.0. The Morgan fingerprint density at radius 2 is 0.949 bits per heavy atom. The van der Waals surface area contributed by atoms with Crippen LogP contribution < -0.4 is 4.90 Å². The van der Waals surface area contributed by atoms with E-state index in [-0.39, 0.29) is 60.9 Å². The predicted molar refractivity (Wildman–Crippen MR) is 161 cm³/mol. The number of nitrogens with zero attached hydrogens (tertiary/aromatic N) is 1. The largest absolute Gasteiger partial charge is 0.456 e. The van der Waals surface area contributed by atoms with Gasteiger partial charge in [0.2, 0.25) is 0 Å². The molecule has 0 aliphatic rings. The van der Waals surface area contributed by atoms with Crippen LogP contribution in [0, 0.1) is 0 Å². The molecule has 3 nitrogen and oxygen atoms in total. The van der Waals surface area contributed by atoms with Crippen molar-refractivity contribution in [2.75, 3.05) is 4.90 Å². The molecule has 0 amide bonds. The molecule has 0 atom stereocenters. The van der Waals surface area contributed by atoms with Crippen LogP contribution >= 0.6 is 0 Å². The Balaban J connectivity index is 1.62. The van der Waals surface area contributed by atoms with Crippen molar-refractivity contribution in [3.8, 4) is 11.1 Å². The van der Waals surface area contributed by atoms with Gasteiger partial charge >= 0.3 is 0 Å². The van der Waals surface area contributed by atoms with Gasteiger partial charge in [-0.05, 0) is 59.5 Å². The standard InChI is InChI=1S/C36H23NO2/c1-2-10-24(11-3-1)25-20-22-26(23-21-25)37(29-14-8-18-33-35(29)27-12-4-6-16-31(27)38-33)30-15-9-19-34-36(30)28-13-5-7-17-32(28)39-34/h1-23H/i4D,5D,6D,7D,8D,9D,12D,13D,14D,15D,16D,17D,18D,19D. The average molecular weight is 516 g/mol. The fraction of sp³-hybridized carbons (Fsp3) is 0. The highest BCUT2D eigenvalue weighted by atomic mass is 16.3. The smallest absolute Gasteiger partial charge is 0.137 e. The second-order valence-corrected chi connectivity index (χ2v) is 8.72. The summed E-state index contributed by atoms with van der Waals surface area (Å²) in [5, 5.41) is -0.763. The maximum absolute atomic E-state index is 9.32. The summed E-state index contributed by atoms with van der Waals surface area (Å²) in [5.74, 6) is 0.